The van der Waals surface area contributed by atoms with E-state index in [9.17, 15) is 0 Å². The molecule has 0 fully saturated rings. The first-order valence-electron chi connectivity index (χ1n) is 2.68. The molecule has 1 heterocycles. The summed E-state index contributed by atoms with van der Waals surface area (Å²) in [5.74, 6) is 0. The molecule has 8 heavy (non-hydrogen) atoms. The van der Waals surface area contributed by atoms with Gasteiger partial charge in [-0.2, -0.15) is 0 Å². The van der Waals surface area contributed by atoms with Crippen LogP contribution in [0, 0.1) is 0 Å². The normalized spacial score (nSPS) is 7.25. The number of hydrogen-bond donors (Lipinski definition) is 1. The number of anilines is 1. The lowest BCUT2D eigenvalue weighted by Crippen LogP contribution is -1.72. The Morgan fingerprint density at radius 2 is 2.25 bits per heavy atom. The number of thiophene rings is 1. The summed E-state index contributed by atoms with van der Waals surface area (Å²) in [5, 5.41) is 2.84. The van der Waals surface area contributed by atoms with Gasteiger partial charge in [0, 0.05) is 1.43 Å². The van der Waals surface area contributed by atoms with Crippen LogP contribution in [-0.4, -0.2) is 0 Å². The fourth-order valence-electron chi connectivity index (χ4n) is 0.291. The van der Waals surface area contributed by atoms with Crippen LogP contribution in [0.3, 0.4) is 0 Å². The first-order valence-corrected chi connectivity index (χ1v) is 3.56. The predicted molar refractivity (Wildman–Crippen MR) is 42.2 cm³/mol. The fraction of sp³-hybridized carbons (Fsp3) is 0.333. The highest BCUT2D eigenvalue weighted by molar-refractivity contribution is 7.13. The van der Waals surface area contributed by atoms with Crippen LogP contribution in [0.5, 0.6) is 0 Å². The van der Waals surface area contributed by atoms with Gasteiger partial charge in [0.1, 0.15) is 0 Å². The summed E-state index contributed by atoms with van der Waals surface area (Å²) in [7, 11) is 0. The Labute approximate surface area is 55.6 Å². The third-order valence-corrected chi connectivity index (χ3v) is 1.24. The number of nitrogens with two attached hydrogens (primary N) is 1. The van der Waals surface area contributed by atoms with Gasteiger partial charge in [0.25, 0.3) is 0 Å². The van der Waals surface area contributed by atoms with Gasteiger partial charge in [-0.15, -0.1) is 11.3 Å². The van der Waals surface area contributed by atoms with Crippen LogP contribution in [0.2, 0.25) is 0 Å². The molecular weight excluding hydrogens is 118 g/mol. The van der Waals surface area contributed by atoms with E-state index in [2.05, 4.69) is 0 Å². The molecule has 2 N–H and O–H groups in total. The lowest BCUT2D eigenvalue weighted by atomic mass is 10.6. The minimum atomic E-state index is 0. The molecule has 0 radical (unpaired) electrons. The van der Waals surface area contributed by atoms with Crippen LogP contribution in [0.4, 0.5) is 5.00 Å². The highest BCUT2D eigenvalue weighted by Crippen LogP contribution is 2.07. The minimum Gasteiger partial charge on any atom is -0.391 e. The van der Waals surface area contributed by atoms with E-state index in [0.717, 1.165) is 5.00 Å². The highest BCUT2D eigenvalue weighted by atomic mass is 32.1. The van der Waals surface area contributed by atoms with Crippen molar-refractivity contribution in [3.63, 3.8) is 0 Å². The minimum absolute atomic E-state index is 0. The van der Waals surface area contributed by atoms with E-state index in [1.807, 2.05) is 31.4 Å². The third-order valence-electron chi connectivity index (χ3n) is 0.543. The first kappa shape index (κ1) is 7.50. The van der Waals surface area contributed by atoms with Gasteiger partial charge < -0.3 is 5.73 Å². The monoisotopic (exact) mass is 131 g/mol. The Morgan fingerprint density at radius 3 is 2.38 bits per heavy atom. The van der Waals surface area contributed by atoms with E-state index in [-0.39, 0.29) is 1.43 Å². The molecule has 1 nitrogen and oxygen atoms in total. The van der Waals surface area contributed by atoms with Crippen LogP contribution in [0.1, 0.15) is 15.3 Å². The van der Waals surface area contributed by atoms with Gasteiger partial charge >= 0.3 is 0 Å². The summed E-state index contributed by atoms with van der Waals surface area (Å²) in [6.07, 6.45) is 0. The molecule has 2 heteroatoms. The quantitative estimate of drug-likeness (QED) is 0.575. The molecule has 48 valence electrons. The zero-order valence-corrected chi connectivity index (χ0v) is 6.03. The summed E-state index contributed by atoms with van der Waals surface area (Å²) in [5.41, 5.74) is 5.30. The first-order chi connectivity index (χ1) is 3.89. The van der Waals surface area contributed by atoms with Gasteiger partial charge in [0.05, 0.1) is 5.00 Å². The summed E-state index contributed by atoms with van der Waals surface area (Å²) in [6.45, 7) is 4.00. The molecular formula is C6H13NS. The second-order valence-corrected chi connectivity index (χ2v) is 1.99. The van der Waals surface area contributed by atoms with Gasteiger partial charge in [-0.25, -0.2) is 0 Å². The van der Waals surface area contributed by atoms with Crippen molar-refractivity contribution < 1.29 is 1.43 Å². The third kappa shape index (κ3) is 2.64. The molecule has 0 unspecified atom stereocenters. The van der Waals surface area contributed by atoms with E-state index in [4.69, 9.17) is 5.73 Å². The largest absolute Gasteiger partial charge is 0.391 e. The second kappa shape index (κ2) is 4.65. The van der Waals surface area contributed by atoms with Crippen LogP contribution in [0.25, 0.3) is 0 Å². The summed E-state index contributed by atoms with van der Waals surface area (Å²) in [6, 6.07) is 3.81. The van der Waals surface area contributed by atoms with Gasteiger partial charge in [0.15, 0.2) is 0 Å². The molecule has 0 aliphatic heterocycles. The molecule has 0 spiro atoms. The summed E-state index contributed by atoms with van der Waals surface area (Å²) in [4.78, 5) is 0. The molecule has 1 aromatic rings. The van der Waals surface area contributed by atoms with Gasteiger partial charge in [-0.1, -0.05) is 13.8 Å². The molecule has 1 aromatic heterocycles. The maximum atomic E-state index is 5.30. The highest BCUT2D eigenvalue weighted by Gasteiger charge is 1.75. The van der Waals surface area contributed by atoms with Crippen molar-refractivity contribution in [2.75, 3.05) is 5.73 Å². The molecule has 0 bridgehead atoms. The molecule has 0 saturated heterocycles. The van der Waals surface area contributed by atoms with Crippen LogP contribution >= 0.6 is 11.3 Å². The van der Waals surface area contributed by atoms with Gasteiger partial charge in [-0.05, 0) is 17.5 Å². The lowest BCUT2D eigenvalue weighted by molar-refractivity contribution is 1.50. The Bertz CT molecular complexity index is 117. The average molecular weight is 131 g/mol. The van der Waals surface area contributed by atoms with Crippen LogP contribution in [-0.2, 0) is 0 Å². The topological polar surface area (TPSA) is 26.0 Å². The van der Waals surface area contributed by atoms with E-state index in [0.29, 0.717) is 0 Å². The fourth-order valence-corrected chi connectivity index (χ4v) is 0.763. The molecule has 0 aromatic carbocycles. The Kier molecular flexibility index (Phi) is 4.36. The van der Waals surface area contributed by atoms with Crippen molar-refractivity contribution in [3.8, 4) is 0 Å². The maximum Gasteiger partial charge on any atom is 0.0856 e. The molecule has 0 atom stereocenters. The van der Waals surface area contributed by atoms with Crippen LogP contribution in [0.15, 0.2) is 17.5 Å². The SMILES string of the molecule is CC.Nc1cccs1.[HH]. The second-order valence-electron chi connectivity index (χ2n) is 1.02. The van der Waals surface area contributed by atoms with E-state index < -0.39 is 0 Å². The van der Waals surface area contributed by atoms with Crippen molar-refractivity contribution in [1.82, 2.24) is 0 Å². The zero-order valence-electron chi connectivity index (χ0n) is 5.22. The van der Waals surface area contributed by atoms with Crippen molar-refractivity contribution in [1.29, 1.82) is 0 Å². The molecule has 0 amide bonds. The molecule has 0 aliphatic rings. The lowest BCUT2D eigenvalue weighted by Gasteiger charge is -1.68. The standard InChI is InChI=1S/C4H5NS.C2H6.H2/c5-4-2-1-3-6-4;1-2;/h1-3H,5H2;1-2H3;1H. The summed E-state index contributed by atoms with van der Waals surface area (Å²) < 4.78 is 0. The number of rotatable bonds is 0. The van der Waals surface area contributed by atoms with Gasteiger partial charge in [0.2, 0.25) is 0 Å². The Balaban J connectivity index is 0. The van der Waals surface area contributed by atoms with Crippen molar-refractivity contribution >= 4 is 16.3 Å². The zero-order chi connectivity index (χ0) is 6.41. The van der Waals surface area contributed by atoms with Crippen molar-refractivity contribution in [2.24, 2.45) is 0 Å². The summed E-state index contributed by atoms with van der Waals surface area (Å²) >= 11 is 1.56. The number of hydrogen-bond acceptors (Lipinski definition) is 2. The maximum absolute atomic E-state index is 5.30. The van der Waals surface area contributed by atoms with E-state index in [1.54, 1.807) is 11.3 Å². The molecule has 1 rings (SSSR count). The van der Waals surface area contributed by atoms with Crippen molar-refractivity contribution in [2.45, 2.75) is 13.8 Å². The van der Waals surface area contributed by atoms with Gasteiger partial charge in [-0.3, -0.25) is 0 Å². The number of nitrogen functional groups attached to an aromatic ring is 1. The average Bonchev–Trinajstić information content (AvgIpc) is 2.24. The molecule has 0 aliphatic carbocycles. The van der Waals surface area contributed by atoms with Crippen molar-refractivity contribution in [3.05, 3.63) is 17.5 Å². The Morgan fingerprint density at radius 1 is 1.62 bits per heavy atom. The van der Waals surface area contributed by atoms with E-state index in [1.165, 1.54) is 0 Å². The molecule has 0 saturated carbocycles. The Hall–Kier alpha value is -0.500. The van der Waals surface area contributed by atoms with Crippen LogP contribution < -0.4 is 5.73 Å². The smallest absolute Gasteiger partial charge is 0.0856 e. The van der Waals surface area contributed by atoms with E-state index >= 15 is 0 Å². The predicted octanol–water partition coefficient (Wildman–Crippen LogP) is 2.60.